The van der Waals surface area contributed by atoms with Crippen LogP contribution in [0.2, 0.25) is 0 Å². The third-order valence-electron chi connectivity index (χ3n) is 3.20. The van der Waals surface area contributed by atoms with Gasteiger partial charge in [-0.1, -0.05) is 0 Å². The first-order valence-electron chi connectivity index (χ1n) is 5.67. The van der Waals surface area contributed by atoms with Crippen LogP contribution in [-0.2, 0) is 0 Å². The zero-order valence-electron chi connectivity index (χ0n) is 8.98. The average molecular weight is 217 g/mol. The highest BCUT2D eigenvalue weighted by Gasteiger charge is 2.30. The van der Waals surface area contributed by atoms with Gasteiger partial charge in [-0.3, -0.25) is 4.99 Å². The molecule has 0 bridgehead atoms. The minimum absolute atomic E-state index is 0.293. The van der Waals surface area contributed by atoms with Gasteiger partial charge in [0.15, 0.2) is 0 Å². The van der Waals surface area contributed by atoms with Crippen molar-refractivity contribution in [3.63, 3.8) is 0 Å². The first kappa shape index (κ1) is 9.66. The molecule has 1 saturated heterocycles. The number of piperidine rings is 1. The van der Waals surface area contributed by atoms with Crippen LogP contribution in [0.15, 0.2) is 29.3 Å². The number of hydrogen-bond acceptors (Lipinski definition) is 4. The standard InChI is InChI=1S/C12H15N3O/c16-9-3-1-8(2-4-9)12-14-10-5-6-13-7-11(10)15-12/h1-4,10-11,13,16H,5-7H2,(H,14,15). The largest absolute Gasteiger partial charge is 0.508 e. The quantitative estimate of drug-likeness (QED) is 0.641. The van der Waals surface area contributed by atoms with Crippen molar-refractivity contribution in [3.05, 3.63) is 29.8 Å². The smallest absolute Gasteiger partial charge is 0.128 e. The minimum atomic E-state index is 0.293. The van der Waals surface area contributed by atoms with Gasteiger partial charge in [-0.05, 0) is 37.2 Å². The van der Waals surface area contributed by atoms with Crippen LogP contribution in [0.5, 0.6) is 5.75 Å². The normalized spacial score (nSPS) is 28.1. The fourth-order valence-electron chi connectivity index (χ4n) is 2.30. The molecule has 1 fully saturated rings. The van der Waals surface area contributed by atoms with Gasteiger partial charge < -0.3 is 15.7 Å². The lowest BCUT2D eigenvalue weighted by molar-refractivity contribution is 0.402. The van der Waals surface area contributed by atoms with Crippen LogP contribution < -0.4 is 10.6 Å². The summed E-state index contributed by atoms with van der Waals surface area (Å²) in [5, 5.41) is 16.0. The van der Waals surface area contributed by atoms with Crippen LogP contribution in [0.3, 0.4) is 0 Å². The van der Waals surface area contributed by atoms with Gasteiger partial charge in [-0.2, -0.15) is 0 Å². The number of fused-ring (bicyclic) bond motifs is 1. The molecule has 4 nitrogen and oxygen atoms in total. The molecule has 0 amide bonds. The third kappa shape index (κ3) is 1.65. The van der Waals surface area contributed by atoms with E-state index in [1.165, 1.54) is 0 Å². The van der Waals surface area contributed by atoms with E-state index in [1.807, 2.05) is 12.1 Å². The Balaban J connectivity index is 1.83. The summed E-state index contributed by atoms with van der Waals surface area (Å²) in [6, 6.07) is 8.01. The number of hydrogen-bond donors (Lipinski definition) is 3. The van der Waals surface area contributed by atoms with Gasteiger partial charge >= 0.3 is 0 Å². The number of aliphatic imine (C=N–C) groups is 1. The summed E-state index contributed by atoms with van der Waals surface area (Å²) in [4.78, 5) is 4.69. The molecule has 0 aliphatic carbocycles. The summed E-state index contributed by atoms with van der Waals surface area (Å²) < 4.78 is 0. The number of benzene rings is 1. The number of rotatable bonds is 1. The molecule has 2 atom stereocenters. The highest BCUT2D eigenvalue weighted by molar-refractivity contribution is 6.00. The van der Waals surface area contributed by atoms with Crippen molar-refractivity contribution in [2.45, 2.75) is 18.5 Å². The maximum absolute atomic E-state index is 9.24. The van der Waals surface area contributed by atoms with Crippen molar-refractivity contribution in [3.8, 4) is 5.75 Å². The molecule has 2 aliphatic rings. The van der Waals surface area contributed by atoms with Crippen LogP contribution in [0, 0.1) is 0 Å². The number of amidine groups is 1. The lowest BCUT2D eigenvalue weighted by Gasteiger charge is -2.24. The molecule has 0 radical (unpaired) electrons. The first-order chi connectivity index (χ1) is 7.83. The van der Waals surface area contributed by atoms with Crippen LogP contribution in [0.4, 0.5) is 0 Å². The Bertz CT molecular complexity index is 413. The van der Waals surface area contributed by atoms with Crippen molar-refractivity contribution in [2.75, 3.05) is 13.1 Å². The zero-order chi connectivity index (χ0) is 11.0. The molecule has 2 heterocycles. The topological polar surface area (TPSA) is 56.7 Å². The molecular formula is C12H15N3O. The van der Waals surface area contributed by atoms with Gasteiger partial charge in [-0.15, -0.1) is 0 Å². The summed E-state index contributed by atoms with van der Waals surface area (Å²) in [5.74, 6) is 1.25. The summed E-state index contributed by atoms with van der Waals surface area (Å²) in [6.45, 7) is 2.03. The van der Waals surface area contributed by atoms with E-state index in [1.54, 1.807) is 12.1 Å². The van der Waals surface area contributed by atoms with Crippen molar-refractivity contribution in [2.24, 2.45) is 4.99 Å². The number of phenols is 1. The lowest BCUT2D eigenvalue weighted by atomic mass is 10.0. The molecule has 0 spiro atoms. The van der Waals surface area contributed by atoms with Crippen LogP contribution >= 0.6 is 0 Å². The van der Waals surface area contributed by atoms with Gasteiger partial charge in [0.05, 0.1) is 12.1 Å². The zero-order valence-corrected chi connectivity index (χ0v) is 8.98. The van der Waals surface area contributed by atoms with Crippen LogP contribution in [0.1, 0.15) is 12.0 Å². The Morgan fingerprint density at radius 2 is 2.06 bits per heavy atom. The maximum Gasteiger partial charge on any atom is 0.128 e. The molecule has 4 heteroatoms. The molecule has 0 aromatic heterocycles. The molecule has 1 aromatic rings. The number of nitrogens with zero attached hydrogens (tertiary/aromatic N) is 1. The summed E-state index contributed by atoms with van der Waals surface area (Å²) in [5.41, 5.74) is 1.05. The molecule has 16 heavy (non-hydrogen) atoms. The van der Waals surface area contributed by atoms with Crippen molar-refractivity contribution in [1.82, 2.24) is 10.6 Å². The Morgan fingerprint density at radius 1 is 1.25 bits per heavy atom. The monoisotopic (exact) mass is 217 g/mol. The van der Waals surface area contributed by atoms with Gasteiger partial charge in [0.2, 0.25) is 0 Å². The molecule has 3 rings (SSSR count). The molecule has 0 saturated carbocycles. The van der Waals surface area contributed by atoms with Crippen LogP contribution in [-0.4, -0.2) is 36.1 Å². The number of nitrogens with one attached hydrogen (secondary N) is 2. The van der Waals surface area contributed by atoms with Crippen molar-refractivity contribution < 1.29 is 5.11 Å². The molecule has 1 aromatic carbocycles. The van der Waals surface area contributed by atoms with Crippen molar-refractivity contribution in [1.29, 1.82) is 0 Å². The fourth-order valence-corrected chi connectivity index (χ4v) is 2.30. The average Bonchev–Trinajstić information content (AvgIpc) is 2.73. The number of phenolic OH excluding ortho intramolecular Hbond substituents is 1. The Kier molecular flexibility index (Phi) is 2.29. The number of aromatic hydroxyl groups is 1. The molecule has 2 aliphatic heterocycles. The highest BCUT2D eigenvalue weighted by Crippen LogP contribution is 2.18. The van der Waals surface area contributed by atoms with E-state index >= 15 is 0 Å². The first-order valence-corrected chi connectivity index (χ1v) is 5.67. The molecular weight excluding hydrogens is 202 g/mol. The second kappa shape index (κ2) is 3.79. The lowest BCUT2D eigenvalue weighted by Crippen LogP contribution is -2.48. The van der Waals surface area contributed by atoms with E-state index in [4.69, 9.17) is 4.99 Å². The second-order valence-electron chi connectivity index (χ2n) is 4.34. The van der Waals surface area contributed by atoms with Gasteiger partial charge in [-0.25, -0.2) is 0 Å². The SMILES string of the molecule is Oc1ccc(C2=NC3CCNCC3N2)cc1. The molecule has 84 valence electrons. The van der Waals surface area contributed by atoms with E-state index in [0.29, 0.717) is 17.8 Å². The van der Waals surface area contributed by atoms with E-state index in [9.17, 15) is 5.11 Å². The van der Waals surface area contributed by atoms with E-state index in [-0.39, 0.29) is 0 Å². The maximum atomic E-state index is 9.24. The Hall–Kier alpha value is -1.55. The second-order valence-corrected chi connectivity index (χ2v) is 4.34. The van der Waals surface area contributed by atoms with E-state index in [0.717, 1.165) is 30.9 Å². The Morgan fingerprint density at radius 3 is 2.81 bits per heavy atom. The van der Waals surface area contributed by atoms with Gasteiger partial charge in [0.25, 0.3) is 0 Å². The molecule has 2 unspecified atom stereocenters. The van der Waals surface area contributed by atoms with Crippen LogP contribution in [0.25, 0.3) is 0 Å². The fraction of sp³-hybridized carbons (Fsp3) is 0.417. The molecule has 3 N–H and O–H groups in total. The van der Waals surface area contributed by atoms with E-state index in [2.05, 4.69) is 10.6 Å². The predicted octanol–water partition coefficient (Wildman–Crippen LogP) is 0.472. The van der Waals surface area contributed by atoms with Crippen molar-refractivity contribution >= 4 is 5.84 Å². The third-order valence-corrected chi connectivity index (χ3v) is 3.20. The minimum Gasteiger partial charge on any atom is -0.508 e. The van der Waals surface area contributed by atoms with Gasteiger partial charge in [0, 0.05) is 12.1 Å². The summed E-state index contributed by atoms with van der Waals surface area (Å²) in [7, 11) is 0. The Labute approximate surface area is 94.4 Å². The predicted molar refractivity (Wildman–Crippen MR) is 62.8 cm³/mol. The summed E-state index contributed by atoms with van der Waals surface area (Å²) >= 11 is 0. The van der Waals surface area contributed by atoms with E-state index < -0.39 is 0 Å². The van der Waals surface area contributed by atoms with Gasteiger partial charge in [0.1, 0.15) is 11.6 Å². The highest BCUT2D eigenvalue weighted by atomic mass is 16.3. The summed E-state index contributed by atoms with van der Waals surface area (Å²) in [6.07, 6.45) is 1.10.